The number of nitrogens with one attached hydrogen (secondary N) is 1. The molecule has 1 aromatic heterocycles. The zero-order chi connectivity index (χ0) is 23.3. The Kier molecular flexibility index (Phi) is 6.92. The van der Waals surface area contributed by atoms with Gasteiger partial charge < -0.3 is 19.2 Å². The zero-order valence-corrected chi connectivity index (χ0v) is 19.5. The highest BCUT2D eigenvalue weighted by molar-refractivity contribution is 5.69. The predicted molar refractivity (Wildman–Crippen MR) is 128 cm³/mol. The van der Waals surface area contributed by atoms with Crippen molar-refractivity contribution >= 4 is 6.09 Å². The van der Waals surface area contributed by atoms with Gasteiger partial charge in [0, 0.05) is 13.2 Å². The molecule has 2 saturated heterocycles. The van der Waals surface area contributed by atoms with Crippen LogP contribution in [0.2, 0.25) is 0 Å². The zero-order valence-electron chi connectivity index (χ0n) is 19.5. The molecule has 2 aliphatic heterocycles. The summed E-state index contributed by atoms with van der Waals surface area (Å²) in [6, 6.07) is 17.7. The fourth-order valence-corrected chi connectivity index (χ4v) is 4.65. The van der Waals surface area contributed by atoms with Crippen molar-refractivity contribution in [1.29, 1.82) is 0 Å². The summed E-state index contributed by atoms with van der Waals surface area (Å²) < 4.78 is 17.4. The van der Waals surface area contributed by atoms with Crippen LogP contribution in [0, 0.1) is 12.8 Å². The van der Waals surface area contributed by atoms with Crippen LogP contribution in [0.15, 0.2) is 60.8 Å². The summed E-state index contributed by atoms with van der Waals surface area (Å²) in [5.41, 5.74) is 4.13. The van der Waals surface area contributed by atoms with Gasteiger partial charge in [-0.2, -0.15) is 0 Å². The molecule has 0 spiro atoms. The number of hydrogen-bond acceptors (Lipinski definition) is 5. The van der Waals surface area contributed by atoms with Gasteiger partial charge in [-0.1, -0.05) is 60.2 Å². The van der Waals surface area contributed by atoms with E-state index in [2.05, 4.69) is 41.2 Å². The number of carbonyl (C=O) groups is 1. The van der Waals surface area contributed by atoms with Gasteiger partial charge in [-0.25, -0.2) is 9.78 Å². The van der Waals surface area contributed by atoms with Crippen molar-refractivity contribution in [2.75, 3.05) is 19.8 Å². The van der Waals surface area contributed by atoms with Gasteiger partial charge in [0.25, 0.3) is 0 Å². The molecular weight excluding hydrogens is 430 g/mol. The Morgan fingerprint density at radius 3 is 2.65 bits per heavy atom. The number of H-pyrrole nitrogens is 1. The van der Waals surface area contributed by atoms with Crippen LogP contribution in [-0.2, 0) is 20.8 Å². The number of ether oxygens (including phenoxy) is 3. The molecule has 34 heavy (non-hydrogen) atoms. The lowest BCUT2D eigenvalue weighted by Crippen LogP contribution is -2.40. The number of rotatable bonds is 6. The standard InChI is InChI=1S/C27H31N3O4/c1-19-7-9-22(10-8-19)23-16-28-26(29-23)24-18-33-25(15-20-11-13-32-14-12-20)30(24)27(31)34-17-21-5-3-2-4-6-21/h2-10,16,20,24-25H,11-15,17-18H2,1H3,(H,28,29)/t24-,25?/m0/s1. The van der Waals surface area contributed by atoms with Gasteiger partial charge in [-0.05, 0) is 43.2 Å². The van der Waals surface area contributed by atoms with Gasteiger partial charge in [-0.3, -0.25) is 4.90 Å². The van der Waals surface area contributed by atoms with E-state index < -0.39 is 0 Å². The Bertz CT molecular complexity index is 1080. The molecule has 1 N–H and O–H groups in total. The molecule has 0 saturated carbocycles. The third-order valence-electron chi connectivity index (χ3n) is 6.66. The summed E-state index contributed by atoms with van der Waals surface area (Å²) in [7, 11) is 0. The molecule has 0 aliphatic carbocycles. The monoisotopic (exact) mass is 461 g/mol. The molecule has 2 fully saturated rings. The Morgan fingerprint density at radius 2 is 1.88 bits per heavy atom. The van der Waals surface area contributed by atoms with Crippen molar-refractivity contribution in [3.05, 3.63) is 77.7 Å². The summed E-state index contributed by atoms with van der Waals surface area (Å²) in [5.74, 6) is 1.17. The summed E-state index contributed by atoms with van der Waals surface area (Å²) >= 11 is 0. The number of benzene rings is 2. The second-order valence-electron chi connectivity index (χ2n) is 9.09. The molecule has 2 aliphatic rings. The van der Waals surface area contributed by atoms with Crippen LogP contribution in [0.25, 0.3) is 11.3 Å². The molecule has 7 heteroatoms. The molecule has 2 aromatic carbocycles. The number of nitrogens with zero attached hydrogens (tertiary/aromatic N) is 2. The van der Waals surface area contributed by atoms with Crippen molar-refractivity contribution in [2.45, 2.75) is 45.1 Å². The topological polar surface area (TPSA) is 76.7 Å². The van der Waals surface area contributed by atoms with Crippen molar-refractivity contribution in [1.82, 2.24) is 14.9 Å². The van der Waals surface area contributed by atoms with Gasteiger partial charge in [-0.15, -0.1) is 0 Å². The summed E-state index contributed by atoms with van der Waals surface area (Å²) in [6.07, 6.45) is 3.83. The number of aromatic nitrogens is 2. The van der Waals surface area contributed by atoms with E-state index in [4.69, 9.17) is 14.2 Å². The van der Waals surface area contributed by atoms with E-state index in [9.17, 15) is 4.79 Å². The SMILES string of the molecule is Cc1ccc(-c2cnc([C@@H]3COC(CC4CCOCC4)N3C(=O)OCc3ccccc3)[nH]2)cc1. The lowest BCUT2D eigenvalue weighted by Gasteiger charge is -2.30. The fourth-order valence-electron chi connectivity index (χ4n) is 4.65. The van der Waals surface area contributed by atoms with E-state index in [1.165, 1.54) is 5.56 Å². The number of hydrogen-bond donors (Lipinski definition) is 1. The quantitative estimate of drug-likeness (QED) is 0.543. The predicted octanol–water partition coefficient (Wildman–Crippen LogP) is 5.24. The van der Waals surface area contributed by atoms with E-state index in [-0.39, 0.29) is 25.0 Å². The minimum Gasteiger partial charge on any atom is -0.444 e. The largest absolute Gasteiger partial charge is 0.444 e. The molecule has 3 aromatic rings. The number of aryl methyl sites for hydroxylation is 1. The lowest BCUT2D eigenvalue weighted by atomic mass is 9.95. The smallest absolute Gasteiger partial charge is 0.412 e. The second-order valence-corrected chi connectivity index (χ2v) is 9.09. The van der Waals surface area contributed by atoms with Gasteiger partial charge in [0.15, 0.2) is 0 Å². The normalized spacial score (nSPS) is 21.0. The Labute approximate surface area is 200 Å². The average molecular weight is 462 g/mol. The highest BCUT2D eigenvalue weighted by Gasteiger charge is 2.42. The summed E-state index contributed by atoms with van der Waals surface area (Å²) in [6.45, 7) is 4.19. The van der Waals surface area contributed by atoms with Crippen LogP contribution < -0.4 is 0 Å². The van der Waals surface area contributed by atoms with Crippen molar-refractivity contribution in [3.63, 3.8) is 0 Å². The molecule has 7 nitrogen and oxygen atoms in total. The third-order valence-corrected chi connectivity index (χ3v) is 6.66. The van der Waals surface area contributed by atoms with E-state index in [0.29, 0.717) is 18.3 Å². The summed E-state index contributed by atoms with van der Waals surface area (Å²) in [4.78, 5) is 23.1. The summed E-state index contributed by atoms with van der Waals surface area (Å²) in [5, 5.41) is 0. The number of amides is 1. The first-order chi connectivity index (χ1) is 16.7. The average Bonchev–Trinajstić information content (AvgIpc) is 3.52. The number of imidazole rings is 1. The maximum atomic E-state index is 13.3. The van der Waals surface area contributed by atoms with E-state index in [1.54, 1.807) is 4.90 Å². The fraction of sp³-hybridized carbons (Fsp3) is 0.407. The molecule has 178 valence electrons. The van der Waals surface area contributed by atoms with Gasteiger partial charge in [0.2, 0.25) is 0 Å². The Balaban J connectivity index is 1.35. The van der Waals surface area contributed by atoms with Crippen LogP contribution in [0.5, 0.6) is 0 Å². The molecule has 0 radical (unpaired) electrons. The molecule has 2 atom stereocenters. The highest BCUT2D eigenvalue weighted by atomic mass is 16.6. The number of carbonyl (C=O) groups excluding carboxylic acids is 1. The minimum absolute atomic E-state index is 0.222. The first-order valence-corrected chi connectivity index (χ1v) is 12.0. The van der Waals surface area contributed by atoms with E-state index in [1.807, 2.05) is 36.5 Å². The third kappa shape index (κ3) is 5.16. The molecule has 1 unspecified atom stereocenters. The maximum Gasteiger partial charge on any atom is 0.412 e. The first-order valence-electron chi connectivity index (χ1n) is 12.0. The first kappa shape index (κ1) is 22.6. The van der Waals surface area contributed by atoms with Gasteiger partial charge >= 0.3 is 6.09 Å². The van der Waals surface area contributed by atoms with Gasteiger partial charge in [0.1, 0.15) is 24.7 Å². The lowest BCUT2D eigenvalue weighted by molar-refractivity contribution is -0.0130. The van der Waals surface area contributed by atoms with Crippen LogP contribution in [-0.4, -0.2) is 47.0 Å². The van der Waals surface area contributed by atoms with Crippen LogP contribution in [0.1, 0.15) is 42.3 Å². The van der Waals surface area contributed by atoms with Crippen molar-refractivity contribution in [2.24, 2.45) is 5.92 Å². The highest BCUT2D eigenvalue weighted by Crippen LogP contribution is 2.35. The molecule has 3 heterocycles. The minimum atomic E-state index is -0.378. The van der Waals surface area contributed by atoms with Crippen LogP contribution >= 0.6 is 0 Å². The van der Waals surface area contributed by atoms with Gasteiger partial charge in [0.05, 0.1) is 18.5 Å². The van der Waals surface area contributed by atoms with Crippen LogP contribution in [0.3, 0.4) is 0 Å². The van der Waals surface area contributed by atoms with Crippen molar-refractivity contribution in [3.8, 4) is 11.3 Å². The second kappa shape index (κ2) is 10.4. The van der Waals surface area contributed by atoms with E-state index in [0.717, 1.165) is 49.3 Å². The Hall–Kier alpha value is -3.16. The molecule has 0 bridgehead atoms. The maximum absolute atomic E-state index is 13.3. The van der Waals surface area contributed by atoms with Crippen LogP contribution in [0.4, 0.5) is 4.79 Å². The molecule has 5 rings (SSSR count). The van der Waals surface area contributed by atoms with E-state index >= 15 is 0 Å². The van der Waals surface area contributed by atoms with Crippen molar-refractivity contribution < 1.29 is 19.0 Å². The number of aromatic amines is 1. The molecule has 1 amide bonds. The molecular formula is C27H31N3O4. The Morgan fingerprint density at radius 1 is 1.12 bits per heavy atom.